The quantitative estimate of drug-likeness (QED) is 0.518. The molecule has 0 aromatic rings. The van der Waals surface area contributed by atoms with Crippen molar-refractivity contribution in [3.05, 3.63) is 0 Å². The lowest BCUT2D eigenvalue weighted by Crippen LogP contribution is -2.42. The molecule has 0 aliphatic carbocycles. The third-order valence-electron chi connectivity index (χ3n) is 2.28. The number of amides is 2. The van der Waals surface area contributed by atoms with Crippen molar-refractivity contribution in [2.45, 2.75) is 45.6 Å². The van der Waals surface area contributed by atoms with Crippen LogP contribution in [0.4, 0.5) is 0 Å². The first-order chi connectivity index (χ1) is 7.60. The molecule has 0 heterocycles. The van der Waals surface area contributed by atoms with Gasteiger partial charge in [-0.05, 0) is 13.3 Å². The number of unbranched alkanes of at least 4 members (excludes halogenated alkanes) is 2. The van der Waals surface area contributed by atoms with Crippen molar-refractivity contribution in [1.82, 2.24) is 10.6 Å². The maximum absolute atomic E-state index is 11.3. The lowest BCUT2D eigenvalue weighted by atomic mass is 10.1. The lowest BCUT2D eigenvalue weighted by Gasteiger charge is -2.13. The van der Waals surface area contributed by atoms with E-state index in [2.05, 4.69) is 17.6 Å². The van der Waals surface area contributed by atoms with Gasteiger partial charge in [-0.15, -0.1) is 0 Å². The van der Waals surface area contributed by atoms with Crippen molar-refractivity contribution in [2.24, 2.45) is 5.73 Å². The van der Waals surface area contributed by atoms with E-state index in [1.54, 1.807) is 0 Å². The summed E-state index contributed by atoms with van der Waals surface area (Å²) >= 11 is 0. The molecule has 94 valence electrons. The number of rotatable bonds is 8. The van der Waals surface area contributed by atoms with Gasteiger partial charge in [0.25, 0.3) is 0 Å². The van der Waals surface area contributed by atoms with Crippen molar-refractivity contribution < 1.29 is 9.59 Å². The number of hydrogen-bond donors (Lipinski definition) is 3. The smallest absolute Gasteiger partial charge is 0.239 e. The molecule has 1 unspecified atom stereocenters. The Morgan fingerprint density at radius 1 is 1.25 bits per heavy atom. The molecule has 1 atom stereocenters. The second-order valence-electron chi connectivity index (χ2n) is 3.95. The molecule has 16 heavy (non-hydrogen) atoms. The van der Waals surface area contributed by atoms with E-state index in [-0.39, 0.29) is 30.9 Å². The Kier molecular flexibility index (Phi) is 8.52. The van der Waals surface area contributed by atoms with Crippen molar-refractivity contribution >= 4 is 11.8 Å². The van der Waals surface area contributed by atoms with Gasteiger partial charge in [0.15, 0.2) is 0 Å². The number of hydrogen-bond acceptors (Lipinski definition) is 3. The maximum atomic E-state index is 11.3. The number of nitrogens with two attached hydrogens (primary N) is 1. The first-order valence-corrected chi connectivity index (χ1v) is 5.86. The molecule has 0 saturated carbocycles. The summed E-state index contributed by atoms with van der Waals surface area (Å²) < 4.78 is 0. The Morgan fingerprint density at radius 3 is 2.50 bits per heavy atom. The summed E-state index contributed by atoms with van der Waals surface area (Å²) in [5.41, 5.74) is 5.10. The normalized spacial score (nSPS) is 11.9. The summed E-state index contributed by atoms with van der Waals surface area (Å²) in [6.07, 6.45) is 4.45. The average Bonchev–Trinajstić information content (AvgIpc) is 2.26. The molecule has 2 amide bonds. The Bertz CT molecular complexity index is 219. The molecular formula is C11H23N3O2. The van der Waals surface area contributed by atoms with E-state index >= 15 is 0 Å². The van der Waals surface area contributed by atoms with Crippen molar-refractivity contribution in [3.63, 3.8) is 0 Å². The first-order valence-electron chi connectivity index (χ1n) is 5.86. The molecule has 5 nitrogen and oxygen atoms in total. The summed E-state index contributed by atoms with van der Waals surface area (Å²) in [4.78, 5) is 22.1. The topological polar surface area (TPSA) is 84.2 Å². The first kappa shape index (κ1) is 14.9. The fourth-order valence-corrected chi connectivity index (χ4v) is 1.35. The fourth-order valence-electron chi connectivity index (χ4n) is 1.35. The second kappa shape index (κ2) is 9.15. The molecule has 0 aromatic carbocycles. The van der Waals surface area contributed by atoms with Gasteiger partial charge >= 0.3 is 0 Å². The molecule has 5 heteroatoms. The zero-order valence-electron chi connectivity index (χ0n) is 10.2. The van der Waals surface area contributed by atoms with Crippen LogP contribution in [0.2, 0.25) is 0 Å². The average molecular weight is 229 g/mol. The summed E-state index contributed by atoms with van der Waals surface area (Å²) in [7, 11) is 0. The van der Waals surface area contributed by atoms with Crippen LogP contribution < -0.4 is 16.4 Å². The number of carbonyl (C=O) groups is 2. The monoisotopic (exact) mass is 229 g/mol. The van der Waals surface area contributed by atoms with E-state index in [1.807, 2.05) is 6.92 Å². The molecule has 0 aliphatic heterocycles. The largest absolute Gasteiger partial charge is 0.352 e. The Balaban J connectivity index is 3.57. The van der Waals surface area contributed by atoms with Crippen LogP contribution in [0.1, 0.15) is 39.5 Å². The van der Waals surface area contributed by atoms with E-state index in [9.17, 15) is 9.59 Å². The molecule has 0 aromatic heterocycles. The third kappa shape index (κ3) is 8.23. The number of nitrogens with one attached hydrogen (secondary N) is 2. The van der Waals surface area contributed by atoms with Gasteiger partial charge in [-0.3, -0.25) is 9.59 Å². The molecule has 0 bridgehead atoms. The zero-order chi connectivity index (χ0) is 12.4. The molecule has 0 saturated heterocycles. The summed E-state index contributed by atoms with van der Waals surface area (Å²) in [6, 6.07) is 0.161. The molecule has 0 aliphatic rings. The second-order valence-corrected chi connectivity index (χ2v) is 3.95. The van der Waals surface area contributed by atoms with Gasteiger partial charge in [-0.25, -0.2) is 0 Å². The highest BCUT2D eigenvalue weighted by Crippen LogP contribution is 2.02. The molecule has 4 N–H and O–H groups in total. The molecule has 0 rings (SSSR count). The van der Waals surface area contributed by atoms with Gasteiger partial charge in [0.1, 0.15) is 0 Å². The summed E-state index contributed by atoms with van der Waals surface area (Å²) in [5, 5.41) is 5.25. The standard InChI is InChI=1S/C11H23N3O2/c1-3-4-5-6-9(2)14-11(16)8-13-10(15)7-12/h9H,3-8,12H2,1-2H3,(H,13,15)(H,14,16). The van der Waals surface area contributed by atoms with Crippen LogP contribution in [0.25, 0.3) is 0 Å². The minimum absolute atomic E-state index is 0.00809. The highest BCUT2D eigenvalue weighted by molar-refractivity contribution is 5.85. The van der Waals surface area contributed by atoms with Crippen LogP contribution in [0, 0.1) is 0 Å². The van der Waals surface area contributed by atoms with Crippen molar-refractivity contribution in [1.29, 1.82) is 0 Å². The maximum Gasteiger partial charge on any atom is 0.239 e. The minimum atomic E-state index is -0.311. The van der Waals surface area contributed by atoms with E-state index in [1.165, 1.54) is 12.8 Å². The van der Waals surface area contributed by atoms with E-state index in [0.29, 0.717) is 0 Å². The highest BCUT2D eigenvalue weighted by Gasteiger charge is 2.07. The highest BCUT2D eigenvalue weighted by atomic mass is 16.2. The lowest BCUT2D eigenvalue weighted by molar-refractivity contribution is -0.125. The Morgan fingerprint density at radius 2 is 1.94 bits per heavy atom. The minimum Gasteiger partial charge on any atom is -0.352 e. The summed E-state index contributed by atoms with van der Waals surface area (Å²) in [5.74, 6) is -0.473. The van der Waals surface area contributed by atoms with Crippen molar-refractivity contribution in [3.8, 4) is 0 Å². The van der Waals surface area contributed by atoms with Gasteiger partial charge in [0, 0.05) is 6.04 Å². The van der Waals surface area contributed by atoms with Crippen molar-refractivity contribution in [2.75, 3.05) is 13.1 Å². The van der Waals surface area contributed by atoms with Crippen LogP contribution in [0.5, 0.6) is 0 Å². The van der Waals surface area contributed by atoms with Crippen LogP contribution in [0.3, 0.4) is 0 Å². The Labute approximate surface area is 97.2 Å². The molecule has 0 fully saturated rings. The van der Waals surface area contributed by atoms with Crippen LogP contribution >= 0.6 is 0 Å². The van der Waals surface area contributed by atoms with E-state index in [0.717, 1.165) is 12.8 Å². The predicted octanol–water partition coefficient (Wildman–Crippen LogP) is 0.146. The Hall–Kier alpha value is -1.10. The SMILES string of the molecule is CCCCCC(C)NC(=O)CNC(=O)CN. The van der Waals surface area contributed by atoms with Gasteiger partial charge in [0.2, 0.25) is 11.8 Å². The predicted molar refractivity (Wildman–Crippen MR) is 63.8 cm³/mol. The molecule has 0 radical (unpaired) electrons. The van der Waals surface area contributed by atoms with E-state index in [4.69, 9.17) is 5.73 Å². The van der Waals surface area contributed by atoms with Gasteiger partial charge in [-0.2, -0.15) is 0 Å². The molecule has 0 spiro atoms. The van der Waals surface area contributed by atoms with Gasteiger partial charge in [-0.1, -0.05) is 26.2 Å². The molecular weight excluding hydrogens is 206 g/mol. The van der Waals surface area contributed by atoms with Crippen LogP contribution in [-0.2, 0) is 9.59 Å². The van der Waals surface area contributed by atoms with Crippen LogP contribution in [-0.4, -0.2) is 30.9 Å². The summed E-state index contributed by atoms with van der Waals surface area (Å²) in [6.45, 7) is 4.04. The van der Waals surface area contributed by atoms with E-state index < -0.39 is 0 Å². The fraction of sp³-hybridized carbons (Fsp3) is 0.818. The number of carbonyl (C=O) groups excluding carboxylic acids is 2. The third-order valence-corrected chi connectivity index (χ3v) is 2.28. The van der Waals surface area contributed by atoms with Crippen LogP contribution in [0.15, 0.2) is 0 Å². The van der Waals surface area contributed by atoms with Gasteiger partial charge in [0.05, 0.1) is 13.1 Å². The van der Waals surface area contributed by atoms with Gasteiger partial charge < -0.3 is 16.4 Å². The zero-order valence-corrected chi connectivity index (χ0v) is 10.2.